The summed E-state index contributed by atoms with van der Waals surface area (Å²) in [5.41, 5.74) is 5.74. The third kappa shape index (κ3) is 2.59. The van der Waals surface area contributed by atoms with Crippen LogP contribution in [0.25, 0.3) is 0 Å². The fourth-order valence-corrected chi connectivity index (χ4v) is 2.81. The van der Waals surface area contributed by atoms with E-state index >= 15 is 0 Å². The molecule has 1 amide bonds. The number of nitro benzene ring substituents is 1. The van der Waals surface area contributed by atoms with Crippen molar-refractivity contribution in [1.82, 2.24) is 4.90 Å². The van der Waals surface area contributed by atoms with E-state index in [4.69, 9.17) is 5.73 Å². The Morgan fingerprint density at radius 2 is 1.95 bits per heavy atom. The van der Waals surface area contributed by atoms with Crippen LogP contribution < -0.4 is 5.73 Å². The predicted octanol–water partition coefficient (Wildman–Crippen LogP) is 2.58. The van der Waals surface area contributed by atoms with Crippen molar-refractivity contribution in [3.8, 4) is 0 Å². The number of hydrogen-bond donors (Lipinski definition) is 1. The Hall–Kier alpha value is -2.11. The van der Waals surface area contributed by atoms with Gasteiger partial charge in [-0.2, -0.15) is 0 Å². The minimum atomic E-state index is -0.560. The van der Waals surface area contributed by atoms with E-state index in [2.05, 4.69) is 0 Å². The highest BCUT2D eigenvalue weighted by atomic mass is 16.6. The van der Waals surface area contributed by atoms with Crippen molar-refractivity contribution >= 4 is 17.3 Å². The van der Waals surface area contributed by atoms with Crippen LogP contribution in [0.2, 0.25) is 0 Å². The maximum atomic E-state index is 12.6. The molecule has 1 aromatic carbocycles. The molecule has 6 nitrogen and oxygen atoms in total. The Morgan fingerprint density at radius 3 is 2.50 bits per heavy atom. The molecule has 6 heteroatoms. The zero-order valence-corrected chi connectivity index (χ0v) is 11.7. The van der Waals surface area contributed by atoms with Gasteiger partial charge < -0.3 is 10.6 Å². The molecule has 1 aromatic rings. The third-order valence-electron chi connectivity index (χ3n) is 3.90. The number of rotatable bonds is 2. The van der Waals surface area contributed by atoms with Crippen LogP contribution in [-0.4, -0.2) is 27.8 Å². The predicted molar refractivity (Wildman–Crippen MR) is 76.5 cm³/mol. The summed E-state index contributed by atoms with van der Waals surface area (Å²) in [6, 6.07) is 4.56. The molecule has 2 N–H and O–H groups in total. The van der Waals surface area contributed by atoms with Gasteiger partial charge in [0.2, 0.25) is 0 Å². The maximum absolute atomic E-state index is 12.6. The summed E-state index contributed by atoms with van der Waals surface area (Å²) in [5, 5.41) is 10.9. The van der Waals surface area contributed by atoms with Crippen LogP contribution in [0.15, 0.2) is 18.2 Å². The monoisotopic (exact) mass is 277 g/mol. The Morgan fingerprint density at radius 1 is 1.35 bits per heavy atom. The van der Waals surface area contributed by atoms with Crippen LogP contribution in [0, 0.1) is 10.1 Å². The van der Waals surface area contributed by atoms with Crippen molar-refractivity contribution in [2.24, 2.45) is 0 Å². The zero-order valence-electron chi connectivity index (χ0n) is 11.7. The summed E-state index contributed by atoms with van der Waals surface area (Å²) >= 11 is 0. The molecule has 1 aliphatic rings. The van der Waals surface area contributed by atoms with E-state index in [1.54, 1.807) is 6.07 Å². The number of nitrogens with zero attached hydrogens (tertiary/aromatic N) is 2. The molecular weight excluding hydrogens is 258 g/mol. The van der Waals surface area contributed by atoms with E-state index in [-0.39, 0.29) is 29.4 Å². The fraction of sp³-hybridized carbons (Fsp3) is 0.500. The molecule has 0 spiro atoms. The van der Waals surface area contributed by atoms with Gasteiger partial charge in [0.15, 0.2) is 0 Å². The van der Waals surface area contributed by atoms with E-state index < -0.39 is 4.92 Å². The SMILES string of the molecule is CC1CCCC(C)N1C(=O)c1ccc(N)c([N+](=O)[O-])c1. The lowest BCUT2D eigenvalue weighted by Gasteiger charge is -2.39. The van der Waals surface area contributed by atoms with Crippen LogP contribution in [0.3, 0.4) is 0 Å². The number of likely N-dealkylation sites (tertiary alicyclic amines) is 1. The number of carbonyl (C=O) groups excluding carboxylic acids is 1. The second-order valence-electron chi connectivity index (χ2n) is 5.37. The lowest BCUT2D eigenvalue weighted by atomic mass is 9.96. The molecule has 0 bridgehead atoms. The number of piperidine rings is 1. The average Bonchev–Trinajstić information content (AvgIpc) is 2.38. The largest absolute Gasteiger partial charge is 0.393 e. The normalized spacial score (nSPS) is 22.6. The molecule has 2 rings (SSSR count). The number of nitro groups is 1. The van der Waals surface area contributed by atoms with Crippen LogP contribution >= 0.6 is 0 Å². The Balaban J connectivity index is 2.33. The second kappa shape index (κ2) is 5.48. The highest BCUT2D eigenvalue weighted by Gasteiger charge is 2.30. The van der Waals surface area contributed by atoms with Crippen LogP contribution in [0.1, 0.15) is 43.5 Å². The van der Waals surface area contributed by atoms with Gasteiger partial charge in [0, 0.05) is 23.7 Å². The first-order valence-electron chi connectivity index (χ1n) is 6.78. The first-order valence-corrected chi connectivity index (χ1v) is 6.78. The minimum absolute atomic E-state index is 0.0753. The molecule has 0 aliphatic carbocycles. The second-order valence-corrected chi connectivity index (χ2v) is 5.37. The van der Waals surface area contributed by atoms with Crippen LogP contribution in [-0.2, 0) is 0 Å². The molecular formula is C14H19N3O3. The molecule has 0 aromatic heterocycles. The summed E-state index contributed by atoms with van der Waals surface area (Å²) in [6.07, 6.45) is 3.04. The van der Waals surface area contributed by atoms with Gasteiger partial charge in [-0.05, 0) is 45.2 Å². The Kier molecular flexibility index (Phi) is 3.92. The van der Waals surface area contributed by atoms with E-state index in [0.717, 1.165) is 19.3 Å². The quantitative estimate of drug-likeness (QED) is 0.511. The van der Waals surface area contributed by atoms with Gasteiger partial charge in [-0.3, -0.25) is 14.9 Å². The molecule has 1 saturated heterocycles. The third-order valence-corrected chi connectivity index (χ3v) is 3.90. The van der Waals surface area contributed by atoms with Crippen molar-refractivity contribution in [2.45, 2.75) is 45.2 Å². The molecule has 0 saturated carbocycles. The first-order chi connectivity index (χ1) is 9.41. The number of benzene rings is 1. The number of amides is 1. The van der Waals surface area contributed by atoms with E-state index in [1.807, 2.05) is 18.7 Å². The smallest absolute Gasteiger partial charge is 0.292 e. The van der Waals surface area contributed by atoms with Crippen LogP contribution in [0.4, 0.5) is 11.4 Å². The van der Waals surface area contributed by atoms with Crippen molar-refractivity contribution in [3.05, 3.63) is 33.9 Å². The van der Waals surface area contributed by atoms with E-state index in [0.29, 0.717) is 5.56 Å². The summed E-state index contributed by atoms with van der Waals surface area (Å²) in [6.45, 7) is 4.03. The summed E-state index contributed by atoms with van der Waals surface area (Å²) in [7, 11) is 0. The average molecular weight is 277 g/mol. The molecule has 1 fully saturated rings. The molecule has 0 radical (unpaired) electrons. The van der Waals surface area contributed by atoms with Gasteiger partial charge in [-0.25, -0.2) is 0 Å². The molecule has 108 valence electrons. The Labute approximate surface area is 117 Å². The van der Waals surface area contributed by atoms with E-state index in [9.17, 15) is 14.9 Å². The van der Waals surface area contributed by atoms with Gasteiger partial charge in [-0.1, -0.05) is 0 Å². The molecule has 1 aliphatic heterocycles. The topological polar surface area (TPSA) is 89.5 Å². The highest BCUT2D eigenvalue weighted by Crippen LogP contribution is 2.27. The molecule has 2 atom stereocenters. The van der Waals surface area contributed by atoms with Gasteiger partial charge in [0.25, 0.3) is 11.6 Å². The van der Waals surface area contributed by atoms with E-state index in [1.165, 1.54) is 12.1 Å². The Bertz CT molecular complexity index is 534. The van der Waals surface area contributed by atoms with Crippen molar-refractivity contribution in [2.75, 3.05) is 5.73 Å². The number of anilines is 1. The number of hydrogen-bond acceptors (Lipinski definition) is 4. The van der Waals surface area contributed by atoms with Gasteiger partial charge in [-0.15, -0.1) is 0 Å². The van der Waals surface area contributed by atoms with Crippen molar-refractivity contribution < 1.29 is 9.72 Å². The number of nitrogens with two attached hydrogens (primary N) is 1. The molecule has 2 unspecified atom stereocenters. The summed E-state index contributed by atoms with van der Waals surface area (Å²) in [4.78, 5) is 24.7. The highest BCUT2D eigenvalue weighted by molar-refractivity contribution is 5.96. The standard InChI is InChI=1S/C14H19N3O3/c1-9-4-3-5-10(2)16(9)14(18)11-6-7-12(15)13(8-11)17(19)20/h6-10H,3-5,15H2,1-2H3. The van der Waals surface area contributed by atoms with Crippen molar-refractivity contribution in [1.29, 1.82) is 0 Å². The molecule has 20 heavy (non-hydrogen) atoms. The van der Waals surface area contributed by atoms with Gasteiger partial charge >= 0.3 is 0 Å². The van der Waals surface area contributed by atoms with Crippen LogP contribution in [0.5, 0.6) is 0 Å². The first kappa shape index (κ1) is 14.3. The number of carbonyl (C=O) groups is 1. The summed E-state index contributed by atoms with van der Waals surface area (Å²) < 4.78 is 0. The zero-order chi connectivity index (χ0) is 14.9. The van der Waals surface area contributed by atoms with Gasteiger partial charge in [0.05, 0.1) is 4.92 Å². The number of nitrogen functional groups attached to an aromatic ring is 1. The minimum Gasteiger partial charge on any atom is -0.393 e. The lowest BCUT2D eigenvalue weighted by molar-refractivity contribution is -0.383. The fourth-order valence-electron chi connectivity index (χ4n) is 2.81. The summed E-state index contributed by atoms with van der Waals surface area (Å²) in [5.74, 6) is -0.159. The molecule has 1 heterocycles. The van der Waals surface area contributed by atoms with Gasteiger partial charge in [0.1, 0.15) is 5.69 Å². The van der Waals surface area contributed by atoms with Crippen molar-refractivity contribution in [3.63, 3.8) is 0 Å². The lowest BCUT2D eigenvalue weighted by Crippen LogP contribution is -2.47. The maximum Gasteiger partial charge on any atom is 0.292 e.